The number of ether oxygens (including phenoxy) is 5. The topological polar surface area (TPSA) is 63.2 Å². The second-order valence-corrected chi connectivity index (χ2v) is 8.21. The fraction of sp³-hybridized carbons (Fsp3) is 0.960. The predicted octanol–water partition coefficient (Wildman–Crippen LogP) is 5.56. The molecule has 0 spiro atoms. The van der Waals surface area contributed by atoms with Crippen LogP contribution in [0.4, 0.5) is 0 Å². The van der Waals surface area contributed by atoms with E-state index in [0.717, 1.165) is 6.42 Å². The zero-order valence-corrected chi connectivity index (χ0v) is 20.8. The Kier molecular flexibility index (Phi) is 23.4. The summed E-state index contributed by atoms with van der Waals surface area (Å²) in [5.74, 6) is 0.409. The molecule has 6 heteroatoms. The number of rotatable bonds is 24. The Balaban J connectivity index is 3.63. The molecule has 6 nitrogen and oxygen atoms in total. The van der Waals surface area contributed by atoms with E-state index < -0.39 is 0 Å². The fourth-order valence-electron chi connectivity index (χ4n) is 3.24. The van der Waals surface area contributed by atoms with Gasteiger partial charge in [-0.25, -0.2) is 0 Å². The monoisotopic (exact) mass is 446 g/mol. The summed E-state index contributed by atoms with van der Waals surface area (Å²) in [7, 11) is 0. The number of carbonyl (C=O) groups excluding carboxylic acids is 1. The van der Waals surface area contributed by atoms with Gasteiger partial charge >= 0.3 is 5.97 Å². The number of hydrogen-bond acceptors (Lipinski definition) is 6. The largest absolute Gasteiger partial charge is 0.465 e. The average Bonchev–Trinajstić information content (AvgIpc) is 2.77. The normalized spacial score (nSPS) is 13.3. The Labute approximate surface area is 191 Å². The lowest BCUT2D eigenvalue weighted by atomic mass is 9.96. The van der Waals surface area contributed by atoms with Crippen LogP contribution in [-0.2, 0) is 28.5 Å². The number of carbonyl (C=O) groups is 1. The molecule has 0 aliphatic carbocycles. The molecule has 0 aliphatic heterocycles. The van der Waals surface area contributed by atoms with Gasteiger partial charge in [-0.2, -0.15) is 0 Å². The molecule has 2 unspecified atom stereocenters. The lowest BCUT2D eigenvalue weighted by Crippen LogP contribution is -2.20. The van der Waals surface area contributed by atoms with E-state index in [1.807, 2.05) is 13.8 Å². The van der Waals surface area contributed by atoms with Gasteiger partial charge in [-0.05, 0) is 39.0 Å². The van der Waals surface area contributed by atoms with Crippen LogP contribution in [-0.4, -0.2) is 64.9 Å². The molecule has 0 aliphatic rings. The van der Waals surface area contributed by atoms with Crippen LogP contribution in [0.3, 0.4) is 0 Å². The molecule has 0 saturated carbocycles. The van der Waals surface area contributed by atoms with Gasteiger partial charge in [0.05, 0.1) is 45.7 Å². The van der Waals surface area contributed by atoms with E-state index >= 15 is 0 Å². The molecule has 0 heterocycles. The van der Waals surface area contributed by atoms with E-state index in [0.29, 0.717) is 71.6 Å². The van der Waals surface area contributed by atoms with Crippen molar-refractivity contribution in [2.45, 2.75) is 98.0 Å². The summed E-state index contributed by atoms with van der Waals surface area (Å²) in [5.41, 5.74) is 0. The molecular weight excluding hydrogens is 396 g/mol. The summed E-state index contributed by atoms with van der Waals surface area (Å²) >= 11 is 0. The first-order valence-electron chi connectivity index (χ1n) is 12.6. The molecule has 0 radical (unpaired) electrons. The first-order valence-corrected chi connectivity index (χ1v) is 12.6. The minimum atomic E-state index is -0.104. The van der Waals surface area contributed by atoms with E-state index in [4.69, 9.17) is 23.7 Å². The van der Waals surface area contributed by atoms with Gasteiger partial charge in [0.15, 0.2) is 0 Å². The highest BCUT2D eigenvalue weighted by molar-refractivity contribution is 5.69. The quantitative estimate of drug-likeness (QED) is 0.143. The maximum absolute atomic E-state index is 12.0. The van der Waals surface area contributed by atoms with Gasteiger partial charge in [0.1, 0.15) is 0 Å². The summed E-state index contributed by atoms with van der Waals surface area (Å²) in [6.07, 6.45) is 11.0. The zero-order valence-electron chi connectivity index (χ0n) is 20.8. The van der Waals surface area contributed by atoms with Crippen LogP contribution >= 0.6 is 0 Å². The van der Waals surface area contributed by atoms with Gasteiger partial charge in [-0.3, -0.25) is 4.79 Å². The highest BCUT2D eigenvalue weighted by atomic mass is 16.6. The van der Waals surface area contributed by atoms with Crippen molar-refractivity contribution in [3.63, 3.8) is 0 Å². The summed E-state index contributed by atoms with van der Waals surface area (Å²) in [6.45, 7) is 13.0. The molecule has 0 saturated heterocycles. The molecule has 0 fully saturated rings. The van der Waals surface area contributed by atoms with E-state index in [2.05, 4.69) is 13.8 Å². The van der Waals surface area contributed by atoms with Crippen LogP contribution in [0, 0.1) is 5.92 Å². The highest BCUT2D eigenvalue weighted by Crippen LogP contribution is 2.18. The summed E-state index contributed by atoms with van der Waals surface area (Å²) in [4.78, 5) is 12.0. The minimum Gasteiger partial charge on any atom is -0.465 e. The first kappa shape index (κ1) is 30.3. The minimum absolute atomic E-state index is 0.0304. The summed E-state index contributed by atoms with van der Waals surface area (Å²) in [6, 6.07) is 0. The third kappa shape index (κ3) is 22.3. The van der Waals surface area contributed by atoms with Gasteiger partial charge in [0.25, 0.3) is 0 Å². The van der Waals surface area contributed by atoms with E-state index in [-0.39, 0.29) is 12.1 Å². The Morgan fingerprint density at radius 1 is 0.710 bits per heavy atom. The van der Waals surface area contributed by atoms with Crippen molar-refractivity contribution in [2.24, 2.45) is 5.92 Å². The first-order chi connectivity index (χ1) is 15.1. The average molecular weight is 447 g/mol. The molecule has 0 N–H and O–H groups in total. The molecule has 31 heavy (non-hydrogen) atoms. The lowest BCUT2D eigenvalue weighted by Gasteiger charge is -2.17. The molecule has 0 aromatic heterocycles. The van der Waals surface area contributed by atoms with E-state index in [1.165, 1.54) is 44.9 Å². The molecule has 0 rings (SSSR count). The van der Waals surface area contributed by atoms with Gasteiger partial charge in [-0.15, -0.1) is 0 Å². The molecule has 0 aromatic rings. The summed E-state index contributed by atoms with van der Waals surface area (Å²) < 4.78 is 27.4. The van der Waals surface area contributed by atoms with Crippen molar-refractivity contribution in [2.75, 3.05) is 52.9 Å². The standard InChI is InChI=1S/C25H50O6/c1-5-8-10-11-14-24(13-9-6-2)22-31-25(26)15-12-16-28-19-20-30-23(4)21-29-18-17-27-7-3/h23-24H,5-22H2,1-4H3. The Morgan fingerprint density at radius 3 is 2.16 bits per heavy atom. The maximum Gasteiger partial charge on any atom is 0.305 e. The van der Waals surface area contributed by atoms with Crippen LogP contribution in [0.5, 0.6) is 0 Å². The summed E-state index contributed by atoms with van der Waals surface area (Å²) in [5, 5.41) is 0. The highest BCUT2D eigenvalue weighted by Gasteiger charge is 2.12. The van der Waals surface area contributed by atoms with Crippen molar-refractivity contribution in [1.82, 2.24) is 0 Å². The van der Waals surface area contributed by atoms with Crippen molar-refractivity contribution >= 4 is 5.97 Å². The predicted molar refractivity (Wildman–Crippen MR) is 126 cm³/mol. The van der Waals surface area contributed by atoms with Crippen LogP contribution in [0.15, 0.2) is 0 Å². The van der Waals surface area contributed by atoms with Gasteiger partial charge in [0, 0.05) is 19.6 Å². The number of unbranched alkanes of at least 4 members (excludes halogenated alkanes) is 4. The van der Waals surface area contributed by atoms with Crippen molar-refractivity contribution in [3.8, 4) is 0 Å². The van der Waals surface area contributed by atoms with Gasteiger partial charge in [0.2, 0.25) is 0 Å². The van der Waals surface area contributed by atoms with E-state index in [9.17, 15) is 4.79 Å². The Morgan fingerprint density at radius 2 is 1.42 bits per heavy atom. The Hall–Kier alpha value is -0.690. The SMILES string of the molecule is CCCCCCC(CCCC)COC(=O)CCCOCCOC(C)COCCOCC. The van der Waals surface area contributed by atoms with Crippen LogP contribution < -0.4 is 0 Å². The smallest absolute Gasteiger partial charge is 0.305 e. The van der Waals surface area contributed by atoms with E-state index in [1.54, 1.807) is 0 Å². The van der Waals surface area contributed by atoms with Gasteiger partial charge in [-0.1, -0.05) is 52.4 Å². The number of hydrogen-bond donors (Lipinski definition) is 0. The second-order valence-electron chi connectivity index (χ2n) is 8.21. The fourth-order valence-corrected chi connectivity index (χ4v) is 3.24. The third-order valence-corrected chi connectivity index (χ3v) is 5.14. The molecular formula is C25H50O6. The second kappa shape index (κ2) is 24.0. The van der Waals surface area contributed by atoms with Gasteiger partial charge < -0.3 is 23.7 Å². The molecule has 186 valence electrons. The van der Waals surface area contributed by atoms with Crippen LogP contribution in [0.2, 0.25) is 0 Å². The molecule has 0 amide bonds. The molecule has 0 bridgehead atoms. The maximum atomic E-state index is 12.0. The van der Waals surface area contributed by atoms with Crippen LogP contribution in [0.25, 0.3) is 0 Å². The van der Waals surface area contributed by atoms with Crippen molar-refractivity contribution in [3.05, 3.63) is 0 Å². The van der Waals surface area contributed by atoms with Crippen LogP contribution in [0.1, 0.15) is 91.9 Å². The molecule has 2 atom stereocenters. The Bertz CT molecular complexity index is 377. The third-order valence-electron chi connectivity index (χ3n) is 5.14. The molecule has 0 aromatic carbocycles. The van der Waals surface area contributed by atoms with Crippen molar-refractivity contribution < 1.29 is 28.5 Å². The lowest BCUT2D eigenvalue weighted by molar-refractivity contribution is -0.145. The number of esters is 1. The zero-order chi connectivity index (χ0) is 23.0. The van der Waals surface area contributed by atoms with Crippen molar-refractivity contribution in [1.29, 1.82) is 0 Å².